The zero-order chi connectivity index (χ0) is 19.2. The molecular weight excluding hydrogens is 412 g/mol. The van der Waals surface area contributed by atoms with Crippen LogP contribution >= 0.6 is 15.9 Å². The number of carbonyl (C=O) groups excluding carboxylic acids is 1. The minimum atomic E-state index is -1.03. The SMILES string of the molecule is O=C(O)c1cccc(/N=C/c2cc(Br)ccc2OC(=O)c2cccnc2)c1. The lowest BCUT2D eigenvalue weighted by Gasteiger charge is -2.08. The van der Waals surface area contributed by atoms with Gasteiger partial charge in [-0.25, -0.2) is 9.59 Å². The first kappa shape index (κ1) is 18.5. The molecule has 0 amide bonds. The molecule has 1 heterocycles. The van der Waals surface area contributed by atoms with E-state index in [4.69, 9.17) is 9.84 Å². The maximum atomic E-state index is 12.3. The summed E-state index contributed by atoms with van der Waals surface area (Å²) in [6.45, 7) is 0. The van der Waals surface area contributed by atoms with Crippen LogP contribution in [-0.4, -0.2) is 28.2 Å². The highest BCUT2D eigenvalue weighted by Gasteiger charge is 2.11. The van der Waals surface area contributed by atoms with Gasteiger partial charge in [-0.2, -0.15) is 0 Å². The van der Waals surface area contributed by atoms with Crippen LogP contribution in [0.1, 0.15) is 26.3 Å². The molecule has 0 unspecified atom stereocenters. The van der Waals surface area contributed by atoms with Crippen LogP contribution < -0.4 is 4.74 Å². The molecule has 3 aromatic rings. The van der Waals surface area contributed by atoms with Crippen molar-refractivity contribution in [3.8, 4) is 5.75 Å². The molecule has 0 atom stereocenters. The summed E-state index contributed by atoms with van der Waals surface area (Å²) in [7, 11) is 0. The third-order valence-corrected chi connectivity index (χ3v) is 4.01. The number of nitrogens with zero attached hydrogens (tertiary/aromatic N) is 2. The van der Waals surface area contributed by atoms with Gasteiger partial charge in [0.15, 0.2) is 0 Å². The quantitative estimate of drug-likeness (QED) is 0.369. The topological polar surface area (TPSA) is 88.9 Å². The molecule has 27 heavy (non-hydrogen) atoms. The number of esters is 1. The molecule has 3 rings (SSSR count). The van der Waals surface area contributed by atoms with Gasteiger partial charge in [0.2, 0.25) is 0 Å². The summed E-state index contributed by atoms with van der Waals surface area (Å²) >= 11 is 3.37. The van der Waals surface area contributed by atoms with Gasteiger partial charge in [-0.3, -0.25) is 9.98 Å². The molecule has 134 valence electrons. The predicted octanol–water partition coefficient (Wildman–Crippen LogP) is 4.51. The number of pyridine rings is 1. The Labute approximate surface area is 163 Å². The van der Waals surface area contributed by atoms with E-state index in [1.165, 1.54) is 24.5 Å². The summed E-state index contributed by atoms with van der Waals surface area (Å²) < 4.78 is 6.23. The van der Waals surface area contributed by atoms with E-state index in [1.807, 2.05) is 0 Å². The Morgan fingerprint density at radius 3 is 2.63 bits per heavy atom. The lowest BCUT2D eigenvalue weighted by molar-refractivity contribution is 0.0694. The average Bonchev–Trinajstić information content (AvgIpc) is 2.69. The number of ether oxygens (including phenoxy) is 1. The number of aromatic carboxylic acids is 1. The number of hydrogen-bond donors (Lipinski definition) is 1. The molecule has 1 aromatic heterocycles. The zero-order valence-electron chi connectivity index (χ0n) is 13.9. The second-order valence-electron chi connectivity index (χ2n) is 5.43. The molecule has 0 spiro atoms. The number of carbonyl (C=O) groups is 2. The molecular formula is C20H13BrN2O4. The number of halogens is 1. The fourth-order valence-corrected chi connectivity index (χ4v) is 2.60. The fourth-order valence-electron chi connectivity index (χ4n) is 2.22. The van der Waals surface area contributed by atoms with Crippen LogP contribution in [0.2, 0.25) is 0 Å². The first-order valence-electron chi connectivity index (χ1n) is 7.82. The largest absolute Gasteiger partial charge is 0.478 e. The van der Waals surface area contributed by atoms with Crippen molar-refractivity contribution in [2.45, 2.75) is 0 Å². The molecule has 0 saturated heterocycles. The van der Waals surface area contributed by atoms with E-state index in [-0.39, 0.29) is 5.56 Å². The standard InChI is InChI=1S/C20H13BrN2O4/c21-16-6-7-18(27-20(26)14-4-2-8-22-11-14)15(9-16)12-23-17-5-1-3-13(10-17)19(24)25/h1-12H,(H,24,25)/b23-12+. The zero-order valence-corrected chi connectivity index (χ0v) is 15.5. The minimum Gasteiger partial charge on any atom is -0.478 e. The Bertz CT molecular complexity index is 1020. The lowest BCUT2D eigenvalue weighted by atomic mass is 10.2. The molecule has 0 aliphatic rings. The van der Waals surface area contributed by atoms with Crippen LogP contribution in [0.5, 0.6) is 5.75 Å². The third kappa shape index (κ3) is 4.86. The summed E-state index contributed by atoms with van der Waals surface area (Å²) in [5.74, 6) is -1.24. The number of carboxylic acid groups (broad SMARTS) is 1. The molecule has 0 aliphatic heterocycles. The van der Waals surface area contributed by atoms with Crippen LogP contribution in [0.4, 0.5) is 5.69 Å². The summed E-state index contributed by atoms with van der Waals surface area (Å²) in [5.41, 5.74) is 1.50. The lowest BCUT2D eigenvalue weighted by Crippen LogP contribution is -2.10. The van der Waals surface area contributed by atoms with Gasteiger partial charge in [-0.05, 0) is 48.5 Å². The van der Waals surface area contributed by atoms with Crippen molar-refractivity contribution in [1.29, 1.82) is 0 Å². The van der Waals surface area contributed by atoms with Gasteiger partial charge in [0.25, 0.3) is 0 Å². The number of benzene rings is 2. The molecule has 1 N–H and O–H groups in total. The Morgan fingerprint density at radius 2 is 1.89 bits per heavy atom. The number of aromatic nitrogens is 1. The normalized spacial score (nSPS) is 10.7. The van der Waals surface area contributed by atoms with E-state index in [1.54, 1.807) is 48.7 Å². The Hall–Kier alpha value is -3.32. The number of aliphatic imine (C=N–C) groups is 1. The second kappa shape index (κ2) is 8.37. The van der Waals surface area contributed by atoms with Gasteiger partial charge < -0.3 is 9.84 Å². The summed E-state index contributed by atoms with van der Waals surface area (Å²) in [6, 6.07) is 14.6. The van der Waals surface area contributed by atoms with E-state index in [0.29, 0.717) is 22.6 Å². The van der Waals surface area contributed by atoms with Crippen molar-refractivity contribution in [1.82, 2.24) is 4.98 Å². The summed E-state index contributed by atoms with van der Waals surface area (Å²) in [5, 5.41) is 9.06. The molecule has 0 bridgehead atoms. The third-order valence-electron chi connectivity index (χ3n) is 3.52. The highest BCUT2D eigenvalue weighted by Crippen LogP contribution is 2.24. The van der Waals surface area contributed by atoms with Crippen LogP contribution in [0.15, 0.2) is 76.5 Å². The Balaban J connectivity index is 1.87. The maximum absolute atomic E-state index is 12.3. The molecule has 7 heteroatoms. The van der Waals surface area contributed by atoms with Crippen LogP contribution in [-0.2, 0) is 0 Å². The second-order valence-corrected chi connectivity index (χ2v) is 6.34. The van der Waals surface area contributed by atoms with Crippen LogP contribution in [0.3, 0.4) is 0 Å². The first-order chi connectivity index (χ1) is 13.0. The summed E-state index contributed by atoms with van der Waals surface area (Å²) in [6.07, 6.45) is 4.50. The van der Waals surface area contributed by atoms with Gasteiger partial charge >= 0.3 is 11.9 Å². The number of hydrogen-bond acceptors (Lipinski definition) is 5. The van der Waals surface area contributed by atoms with Crippen molar-refractivity contribution in [3.63, 3.8) is 0 Å². The Morgan fingerprint density at radius 1 is 1.07 bits per heavy atom. The van der Waals surface area contributed by atoms with Crippen LogP contribution in [0.25, 0.3) is 0 Å². The summed E-state index contributed by atoms with van der Waals surface area (Å²) in [4.78, 5) is 31.5. The van der Waals surface area contributed by atoms with E-state index in [0.717, 1.165) is 4.47 Å². The van der Waals surface area contributed by atoms with Gasteiger partial charge in [0.05, 0.1) is 16.8 Å². The minimum absolute atomic E-state index is 0.141. The van der Waals surface area contributed by atoms with Crippen molar-refractivity contribution >= 4 is 39.8 Å². The molecule has 0 aliphatic carbocycles. The Kier molecular flexibility index (Phi) is 5.73. The van der Waals surface area contributed by atoms with Gasteiger partial charge in [-0.15, -0.1) is 0 Å². The monoisotopic (exact) mass is 424 g/mol. The van der Waals surface area contributed by atoms with Gasteiger partial charge in [-0.1, -0.05) is 22.0 Å². The van der Waals surface area contributed by atoms with Crippen molar-refractivity contribution in [2.24, 2.45) is 4.99 Å². The average molecular weight is 425 g/mol. The fraction of sp³-hybridized carbons (Fsp3) is 0. The highest BCUT2D eigenvalue weighted by molar-refractivity contribution is 9.10. The predicted molar refractivity (Wildman–Crippen MR) is 104 cm³/mol. The van der Waals surface area contributed by atoms with E-state index in [2.05, 4.69) is 25.9 Å². The maximum Gasteiger partial charge on any atom is 0.345 e. The smallest absolute Gasteiger partial charge is 0.345 e. The number of carboxylic acids is 1. The van der Waals surface area contributed by atoms with E-state index < -0.39 is 11.9 Å². The molecule has 0 fully saturated rings. The van der Waals surface area contributed by atoms with Crippen LogP contribution in [0, 0.1) is 0 Å². The van der Waals surface area contributed by atoms with Crippen molar-refractivity contribution < 1.29 is 19.4 Å². The van der Waals surface area contributed by atoms with E-state index in [9.17, 15) is 9.59 Å². The number of rotatable bonds is 5. The molecule has 2 aromatic carbocycles. The molecule has 0 saturated carbocycles. The van der Waals surface area contributed by atoms with Crippen molar-refractivity contribution in [2.75, 3.05) is 0 Å². The van der Waals surface area contributed by atoms with Crippen molar-refractivity contribution in [3.05, 3.63) is 88.2 Å². The van der Waals surface area contributed by atoms with E-state index >= 15 is 0 Å². The van der Waals surface area contributed by atoms with Gasteiger partial charge in [0, 0.05) is 28.6 Å². The molecule has 0 radical (unpaired) electrons. The molecule has 6 nitrogen and oxygen atoms in total. The van der Waals surface area contributed by atoms with Gasteiger partial charge in [0.1, 0.15) is 5.75 Å². The highest BCUT2D eigenvalue weighted by atomic mass is 79.9. The first-order valence-corrected chi connectivity index (χ1v) is 8.61.